The van der Waals surface area contributed by atoms with Gasteiger partial charge in [-0.1, -0.05) is 35.4 Å². The van der Waals surface area contributed by atoms with Gasteiger partial charge in [0.25, 0.3) is 5.91 Å². The highest BCUT2D eigenvalue weighted by Crippen LogP contribution is 2.34. The van der Waals surface area contributed by atoms with Gasteiger partial charge in [0.2, 0.25) is 0 Å². The molecule has 5 heteroatoms. The molecule has 23 heavy (non-hydrogen) atoms. The van der Waals surface area contributed by atoms with E-state index in [2.05, 4.69) is 10.2 Å². The van der Waals surface area contributed by atoms with Gasteiger partial charge in [-0.25, -0.2) is 0 Å². The number of rotatable bonds is 3. The number of nitrogens with one attached hydrogen (secondary N) is 1. The monoisotopic (exact) mass is 330 g/mol. The smallest absolute Gasteiger partial charge is 0.255 e. The summed E-state index contributed by atoms with van der Waals surface area (Å²) in [6, 6.07) is 13.1. The number of para-hydroxylation sites is 1. The fraction of sp³-hybridized carbons (Fsp3) is 0.278. The molecule has 0 aromatic heterocycles. The first-order valence-corrected chi connectivity index (χ1v) is 8.02. The molecule has 3 rings (SSSR count). The first kappa shape index (κ1) is 15.8. The third-order valence-corrected chi connectivity index (χ3v) is 4.18. The maximum absolute atomic E-state index is 12.5. The highest BCUT2D eigenvalue weighted by molar-refractivity contribution is 6.34. The van der Waals surface area contributed by atoms with Crippen molar-refractivity contribution in [2.75, 3.05) is 36.5 Å². The Kier molecular flexibility index (Phi) is 4.84. The first-order valence-electron chi connectivity index (χ1n) is 7.64. The van der Waals surface area contributed by atoms with E-state index in [0.29, 0.717) is 23.8 Å². The van der Waals surface area contributed by atoms with Gasteiger partial charge in [-0.15, -0.1) is 0 Å². The predicted octanol–water partition coefficient (Wildman–Crippen LogP) is 3.74. The minimum absolute atomic E-state index is 0.137. The maximum Gasteiger partial charge on any atom is 0.255 e. The normalized spacial score (nSPS) is 14.6. The molecule has 120 valence electrons. The van der Waals surface area contributed by atoms with Crippen molar-refractivity contribution >= 4 is 28.9 Å². The Hall–Kier alpha value is -2.04. The average Bonchev–Trinajstić information content (AvgIpc) is 2.56. The van der Waals surface area contributed by atoms with Crippen LogP contribution in [0.4, 0.5) is 11.4 Å². The fourth-order valence-corrected chi connectivity index (χ4v) is 2.92. The van der Waals surface area contributed by atoms with E-state index >= 15 is 0 Å². The van der Waals surface area contributed by atoms with Gasteiger partial charge in [-0.05, 0) is 31.2 Å². The molecule has 0 spiro atoms. The van der Waals surface area contributed by atoms with Gasteiger partial charge in [-0.3, -0.25) is 4.79 Å². The largest absolute Gasteiger partial charge is 0.378 e. The Labute approximate surface area is 141 Å². The van der Waals surface area contributed by atoms with Crippen molar-refractivity contribution in [1.29, 1.82) is 0 Å². The summed E-state index contributed by atoms with van der Waals surface area (Å²) >= 11 is 6.38. The van der Waals surface area contributed by atoms with Crippen molar-refractivity contribution in [2.45, 2.75) is 6.92 Å². The number of anilines is 2. The number of hydrogen-bond acceptors (Lipinski definition) is 3. The molecular formula is C18H19ClN2O2. The van der Waals surface area contributed by atoms with Crippen LogP contribution in [-0.2, 0) is 4.74 Å². The molecule has 0 unspecified atom stereocenters. The molecule has 1 aliphatic rings. The second-order valence-electron chi connectivity index (χ2n) is 5.56. The quantitative estimate of drug-likeness (QED) is 0.932. The Bertz CT molecular complexity index is 695. The zero-order valence-electron chi connectivity index (χ0n) is 13.0. The second kappa shape index (κ2) is 7.02. The number of halogens is 1. The van der Waals surface area contributed by atoms with Crippen LogP contribution in [0.1, 0.15) is 15.9 Å². The van der Waals surface area contributed by atoms with E-state index in [0.717, 1.165) is 30.0 Å². The lowest BCUT2D eigenvalue weighted by Crippen LogP contribution is -2.37. The summed E-state index contributed by atoms with van der Waals surface area (Å²) in [6.07, 6.45) is 0. The van der Waals surface area contributed by atoms with Gasteiger partial charge in [0.15, 0.2) is 0 Å². The predicted molar refractivity (Wildman–Crippen MR) is 93.6 cm³/mol. The summed E-state index contributed by atoms with van der Waals surface area (Å²) in [6.45, 7) is 4.84. The third-order valence-electron chi connectivity index (χ3n) is 3.88. The molecule has 0 radical (unpaired) electrons. The Morgan fingerprint density at radius 3 is 2.52 bits per heavy atom. The summed E-state index contributed by atoms with van der Waals surface area (Å²) < 4.78 is 5.39. The van der Waals surface area contributed by atoms with Crippen molar-refractivity contribution in [3.8, 4) is 0 Å². The standard InChI is InChI=1S/C18H19ClN2O2/c1-13-5-7-14(8-6-13)18(22)20-16-4-2-3-15(19)17(16)21-9-11-23-12-10-21/h2-8H,9-12H2,1H3,(H,20,22). The van der Waals surface area contributed by atoms with Gasteiger partial charge in [0.05, 0.1) is 29.6 Å². The fourth-order valence-electron chi connectivity index (χ4n) is 2.62. The van der Waals surface area contributed by atoms with Gasteiger partial charge in [-0.2, -0.15) is 0 Å². The molecule has 0 atom stereocenters. The number of carbonyl (C=O) groups is 1. The summed E-state index contributed by atoms with van der Waals surface area (Å²) in [5.41, 5.74) is 3.34. The van der Waals surface area contributed by atoms with E-state index in [4.69, 9.17) is 16.3 Å². The van der Waals surface area contributed by atoms with Crippen LogP contribution in [0, 0.1) is 6.92 Å². The van der Waals surface area contributed by atoms with Crippen LogP contribution >= 0.6 is 11.6 Å². The molecule has 0 bridgehead atoms. The molecular weight excluding hydrogens is 312 g/mol. The second-order valence-corrected chi connectivity index (χ2v) is 5.96. The highest BCUT2D eigenvalue weighted by Gasteiger charge is 2.19. The molecule has 2 aromatic rings. The number of amides is 1. The Balaban J connectivity index is 1.86. The van der Waals surface area contributed by atoms with Gasteiger partial charge in [0.1, 0.15) is 0 Å². The van der Waals surface area contributed by atoms with Crippen LogP contribution in [-0.4, -0.2) is 32.2 Å². The van der Waals surface area contributed by atoms with E-state index in [1.165, 1.54) is 0 Å². The number of hydrogen-bond donors (Lipinski definition) is 1. The minimum atomic E-state index is -0.137. The van der Waals surface area contributed by atoms with Crippen LogP contribution < -0.4 is 10.2 Å². The molecule has 1 saturated heterocycles. The van der Waals surface area contributed by atoms with Crippen LogP contribution in [0.2, 0.25) is 5.02 Å². The zero-order chi connectivity index (χ0) is 16.2. The van der Waals surface area contributed by atoms with Gasteiger partial charge >= 0.3 is 0 Å². The summed E-state index contributed by atoms with van der Waals surface area (Å²) in [4.78, 5) is 14.6. The molecule has 4 nitrogen and oxygen atoms in total. The number of aryl methyl sites for hydroxylation is 1. The van der Waals surface area contributed by atoms with Crippen LogP contribution in [0.25, 0.3) is 0 Å². The molecule has 1 N–H and O–H groups in total. The Morgan fingerprint density at radius 2 is 1.83 bits per heavy atom. The molecule has 1 fully saturated rings. The van der Waals surface area contributed by atoms with Crippen molar-refractivity contribution in [2.24, 2.45) is 0 Å². The van der Waals surface area contributed by atoms with Crippen LogP contribution in [0.5, 0.6) is 0 Å². The van der Waals surface area contributed by atoms with E-state index in [9.17, 15) is 4.79 Å². The molecule has 1 heterocycles. The van der Waals surface area contributed by atoms with Gasteiger partial charge in [0, 0.05) is 18.7 Å². The Morgan fingerprint density at radius 1 is 1.13 bits per heavy atom. The number of ether oxygens (including phenoxy) is 1. The lowest BCUT2D eigenvalue weighted by atomic mass is 10.1. The topological polar surface area (TPSA) is 41.6 Å². The van der Waals surface area contributed by atoms with Crippen molar-refractivity contribution < 1.29 is 9.53 Å². The first-order chi connectivity index (χ1) is 11.1. The van der Waals surface area contributed by atoms with E-state index in [1.54, 1.807) is 0 Å². The van der Waals surface area contributed by atoms with Crippen molar-refractivity contribution in [3.05, 3.63) is 58.6 Å². The van der Waals surface area contributed by atoms with Crippen LogP contribution in [0.3, 0.4) is 0 Å². The number of morpholine rings is 1. The maximum atomic E-state index is 12.5. The molecule has 0 saturated carbocycles. The SMILES string of the molecule is Cc1ccc(C(=O)Nc2cccc(Cl)c2N2CCOCC2)cc1. The zero-order valence-corrected chi connectivity index (χ0v) is 13.8. The molecule has 1 aliphatic heterocycles. The number of carbonyl (C=O) groups excluding carboxylic acids is 1. The molecule has 2 aromatic carbocycles. The van der Waals surface area contributed by atoms with E-state index in [-0.39, 0.29) is 5.91 Å². The average molecular weight is 331 g/mol. The summed E-state index contributed by atoms with van der Waals surface area (Å²) in [5.74, 6) is -0.137. The molecule has 0 aliphatic carbocycles. The van der Waals surface area contributed by atoms with Crippen molar-refractivity contribution in [1.82, 2.24) is 0 Å². The lowest BCUT2D eigenvalue weighted by Gasteiger charge is -2.31. The van der Waals surface area contributed by atoms with E-state index < -0.39 is 0 Å². The van der Waals surface area contributed by atoms with E-state index in [1.807, 2.05) is 49.4 Å². The lowest BCUT2D eigenvalue weighted by molar-refractivity contribution is 0.102. The summed E-state index contributed by atoms with van der Waals surface area (Å²) in [5, 5.41) is 3.61. The number of benzene rings is 2. The highest BCUT2D eigenvalue weighted by atomic mass is 35.5. The third kappa shape index (κ3) is 3.66. The molecule has 1 amide bonds. The van der Waals surface area contributed by atoms with Crippen molar-refractivity contribution in [3.63, 3.8) is 0 Å². The summed E-state index contributed by atoms with van der Waals surface area (Å²) in [7, 11) is 0. The number of nitrogens with zero attached hydrogens (tertiary/aromatic N) is 1. The van der Waals surface area contributed by atoms with Crippen LogP contribution in [0.15, 0.2) is 42.5 Å². The minimum Gasteiger partial charge on any atom is -0.378 e. The van der Waals surface area contributed by atoms with Gasteiger partial charge < -0.3 is 15.0 Å².